The van der Waals surface area contributed by atoms with Gasteiger partial charge in [0.15, 0.2) is 5.79 Å². The van der Waals surface area contributed by atoms with Gasteiger partial charge in [0.2, 0.25) is 0 Å². The van der Waals surface area contributed by atoms with Crippen LogP contribution in [0.4, 0.5) is 0 Å². The maximum absolute atomic E-state index is 11.8. The van der Waals surface area contributed by atoms with Gasteiger partial charge in [0.1, 0.15) is 0 Å². The van der Waals surface area contributed by atoms with Crippen LogP contribution in [0.1, 0.15) is 61.3 Å². The molecule has 0 amide bonds. The molecule has 188 valence electrons. The van der Waals surface area contributed by atoms with Gasteiger partial charge >= 0.3 is 5.97 Å². The molecule has 1 rings (SSSR count). The van der Waals surface area contributed by atoms with Crippen molar-refractivity contribution in [2.45, 2.75) is 85.4 Å². The molecule has 1 heterocycles. The molecule has 4 atom stereocenters. The molecule has 0 N–H and O–H groups in total. The third-order valence-corrected chi connectivity index (χ3v) is 5.63. The lowest BCUT2D eigenvalue weighted by atomic mass is 9.89. The van der Waals surface area contributed by atoms with E-state index in [0.717, 1.165) is 12.0 Å². The summed E-state index contributed by atoms with van der Waals surface area (Å²) in [5, 5.41) is 0. The van der Waals surface area contributed by atoms with Crippen molar-refractivity contribution < 1.29 is 23.7 Å². The number of ether oxygens (including phenoxy) is 4. The number of allylic oxidation sites excluding steroid dienone is 5. The van der Waals surface area contributed by atoms with Crippen LogP contribution in [0.25, 0.3) is 0 Å². The molecular formula is C27H43ClO5. The van der Waals surface area contributed by atoms with Gasteiger partial charge in [0, 0.05) is 25.3 Å². The van der Waals surface area contributed by atoms with Gasteiger partial charge in [-0.3, -0.25) is 4.79 Å². The Labute approximate surface area is 205 Å². The summed E-state index contributed by atoms with van der Waals surface area (Å²) in [5.74, 6) is -0.129. The van der Waals surface area contributed by atoms with Crippen molar-refractivity contribution in [1.82, 2.24) is 0 Å². The predicted molar refractivity (Wildman–Crippen MR) is 135 cm³/mol. The van der Waals surface area contributed by atoms with E-state index in [1.54, 1.807) is 7.11 Å². The normalized spacial score (nSPS) is 25.2. The van der Waals surface area contributed by atoms with Crippen molar-refractivity contribution in [1.29, 1.82) is 0 Å². The molecule has 0 spiro atoms. The third-order valence-electron chi connectivity index (χ3n) is 5.47. The number of hydrogen-bond donors (Lipinski definition) is 0. The van der Waals surface area contributed by atoms with Gasteiger partial charge in [-0.05, 0) is 53.5 Å². The van der Waals surface area contributed by atoms with E-state index < -0.39 is 11.2 Å². The van der Waals surface area contributed by atoms with Crippen molar-refractivity contribution in [2.75, 3.05) is 19.6 Å². The quantitative estimate of drug-likeness (QED) is 0.148. The van der Waals surface area contributed by atoms with E-state index in [1.807, 2.05) is 71.1 Å². The third kappa shape index (κ3) is 11.0. The van der Waals surface area contributed by atoms with Crippen LogP contribution in [0, 0.1) is 11.3 Å². The number of alkyl halides is 1. The first-order chi connectivity index (χ1) is 15.4. The summed E-state index contributed by atoms with van der Waals surface area (Å²) in [6.45, 7) is 14.0. The fourth-order valence-electron chi connectivity index (χ4n) is 3.50. The highest BCUT2D eigenvalue weighted by Gasteiger charge is 2.40. The van der Waals surface area contributed by atoms with Gasteiger partial charge < -0.3 is 18.9 Å². The highest BCUT2D eigenvalue weighted by Crippen LogP contribution is 2.35. The van der Waals surface area contributed by atoms with Crippen LogP contribution < -0.4 is 0 Å². The molecule has 0 saturated carbocycles. The molecule has 0 bridgehead atoms. The average Bonchev–Trinajstić information content (AvgIpc) is 2.72. The Morgan fingerprint density at radius 1 is 1.15 bits per heavy atom. The van der Waals surface area contributed by atoms with Crippen molar-refractivity contribution in [2.24, 2.45) is 11.3 Å². The molecule has 0 aromatic carbocycles. The Bertz CT molecular complexity index is 715. The summed E-state index contributed by atoms with van der Waals surface area (Å²) in [4.78, 5) is 11.8. The topological polar surface area (TPSA) is 54.0 Å². The fourth-order valence-corrected chi connectivity index (χ4v) is 3.74. The average molecular weight is 483 g/mol. The minimum absolute atomic E-state index is 0.00183. The van der Waals surface area contributed by atoms with E-state index in [0.29, 0.717) is 18.9 Å². The number of halogens is 1. The second-order valence-electron chi connectivity index (χ2n) is 9.94. The molecule has 0 unspecified atom stereocenters. The minimum Gasteiger partial charge on any atom is -0.465 e. The monoisotopic (exact) mass is 482 g/mol. The standard InChI is InChI=1S/C27H43ClO5/c1-20(16-18-28)24-21(2)23(32-27(6,7)33-24)15-13-11-9-10-12-14-22(30-8)17-19-31-25(29)26(3,4)5/h9-14,16,21-24H,15,17-19H2,1-8H3/b10-9+,13-11+,14-12+,20-16-/t21-,22-,23-,24-/m0/s1. The van der Waals surface area contributed by atoms with Gasteiger partial charge in [-0.2, -0.15) is 0 Å². The van der Waals surface area contributed by atoms with E-state index in [-0.39, 0.29) is 30.2 Å². The highest BCUT2D eigenvalue weighted by atomic mass is 35.5. The summed E-state index contributed by atoms with van der Waals surface area (Å²) >= 11 is 5.88. The van der Waals surface area contributed by atoms with Crippen molar-refractivity contribution in [3.8, 4) is 0 Å². The molecule has 33 heavy (non-hydrogen) atoms. The number of methoxy groups -OCH3 is 1. The molecule has 1 aliphatic heterocycles. The number of rotatable bonds is 11. The summed E-state index contributed by atoms with van der Waals surface area (Å²) in [6, 6.07) is 0. The van der Waals surface area contributed by atoms with E-state index >= 15 is 0 Å². The summed E-state index contributed by atoms with van der Waals surface area (Å²) in [6.07, 6.45) is 15.3. The Morgan fingerprint density at radius 2 is 1.82 bits per heavy atom. The Kier molecular flexibility index (Phi) is 12.7. The first-order valence-electron chi connectivity index (χ1n) is 11.7. The molecule has 5 nitrogen and oxygen atoms in total. The van der Waals surface area contributed by atoms with Crippen LogP contribution in [0.2, 0.25) is 0 Å². The second-order valence-corrected chi connectivity index (χ2v) is 10.2. The molecule has 0 aliphatic carbocycles. The summed E-state index contributed by atoms with van der Waals surface area (Å²) in [7, 11) is 1.65. The zero-order chi connectivity index (χ0) is 25.1. The lowest BCUT2D eigenvalue weighted by molar-refractivity contribution is -0.310. The van der Waals surface area contributed by atoms with Gasteiger partial charge in [-0.25, -0.2) is 0 Å². The molecule has 0 radical (unpaired) electrons. The van der Waals surface area contributed by atoms with Crippen LogP contribution >= 0.6 is 11.6 Å². The second kappa shape index (κ2) is 14.1. The Balaban J connectivity index is 2.52. The first-order valence-corrected chi connectivity index (χ1v) is 12.2. The Morgan fingerprint density at radius 3 is 2.42 bits per heavy atom. The minimum atomic E-state index is -0.633. The maximum atomic E-state index is 11.8. The largest absolute Gasteiger partial charge is 0.465 e. The van der Waals surface area contributed by atoms with E-state index in [4.69, 9.17) is 30.5 Å². The van der Waals surface area contributed by atoms with Crippen LogP contribution in [-0.2, 0) is 23.7 Å². The lowest BCUT2D eigenvalue weighted by Gasteiger charge is -2.45. The maximum Gasteiger partial charge on any atom is 0.311 e. The predicted octanol–water partition coefficient (Wildman–Crippen LogP) is 6.38. The van der Waals surface area contributed by atoms with Crippen LogP contribution in [0.15, 0.2) is 48.1 Å². The summed E-state index contributed by atoms with van der Waals surface area (Å²) in [5.41, 5.74) is 0.658. The van der Waals surface area contributed by atoms with E-state index in [2.05, 4.69) is 19.9 Å². The highest BCUT2D eigenvalue weighted by molar-refractivity contribution is 6.18. The number of carbonyl (C=O) groups is 1. The fraction of sp³-hybridized carbons (Fsp3) is 0.667. The van der Waals surface area contributed by atoms with Crippen LogP contribution in [-0.4, -0.2) is 49.7 Å². The molecule has 1 aliphatic rings. The Hall–Kier alpha value is -1.40. The molecule has 0 aromatic rings. The van der Waals surface area contributed by atoms with Gasteiger partial charge in [0.05, 0.1) is 30.3 Å². The number of carbonyl (C=O) groups excluding carboxylic acids is 1. The molecule has 0 aromatic heterocycles. The smallest absolute Gasteiger partial charge is 0.311 e. The van der Waals surface area contributed by atoms with Crippen LogP contribution in [0.5, 0.6) is 0 Å². The molecule has 1 saturated heterocycles. The van der Waals surface area contributed by atoms with Crippen molar-refractivity contribution in [3.05, 3.63) is 48.1 Å². The van der Waals surface area contributed by atoms with Gasteiger partial charge in [-0.15, -0.1) is 11.6 Å². The molecular weight excluding hydrogens is 440 g/mol. The van der Waals surface area contributed by atoms with Gasteiger partial charge in [-0.1, -0.05) is 49.5 Å². The zero-order valence-corrected chi connectivity index (χ0v) is 22.4. The van der Waals surface area contributed by atoms with E-state index in [1.165, 1.54) is 0 Å². The number of esters is 1. The number of hydrogen-bond acceptors (Lipinski definition) is 5. The van der Waals surface area contributed by atoms with Gasteiger partial charge in [0.25, 0.3) is 0 Å². The van der Waals surface area contributed by atoms with Crippen LogP contribution in [0.3, 0.4) is 0 Å². The van der Waals surface area contributed by atoms with Crippen molar-refractivity contribution in [3.63, 3.8) is 0 Å². The van der Waals surface area contributed by atoms with E-state index in [9.17, 15) is 4.79 Å². The van der Waals surface area contributed by atoms with Crippen molar-refractivity contribution >= 4 is 17.6 Å². The molecule has 6 heteroatoms. The molecule has 1 fully saturated rings. The zero-order valence-electron chi connectivity index (χ0n) is 21.6. The lowest BCUT2D eigenvalue weighted by Crippen LogP contribution is -2.50. The SMILES string of the molecule is CO[C@@H](/C=C/C=C/C=C/C[C@@H]1OC(C)(C)O[C@@H](/C(C)=C\CCl)[C@H]1C)CCOC(=O)C(C)(C)C. The first kappa shape index (κ1) is 29.6. The summed E-state index contributed by atoms with van der Waals surface area (Å²) < 4.78 is 23.0.